The van der Waals surface area contributed by atoms with Crippen molar-refractivity contribution in [2.75, 3.05) is 20.6 Å². The van der Waals surface area contributed by atoms with Gasteiger partial charge in [0.15, 0.2) is 0 Å². The van der Waals surface area contributed by atoms with Gasteiger partial charge in [-0.25, -0.2) is 15.0 Å². The summed E-state index contributed by atoms with van der Waals surface area (Å²) in [5.74, 6) is 3.27. The first-order valence-corrected chi connectivity index (χ1v) is 9.96. The van der Waals surface area contributed by atoms with Crippen LogP contribution in [-0.4, -0.2) is 51.9 Å². The van der Waals surface area contributed by atoms with Gasteiger partial charge < -0.3 is 14.8 Å². The van der Waals surface area contributed by atoms with Crippen molar-refractivity contribution < 1.29 is 9.90 Å². The Morgan fingerprint density at radius 2 is 2.03 bits per heavy atom. The number of aliphatic hydroxyl groups excluding tert-OH is 1. The van der Waals surface area contributed by atoms with Gasteiger partial charge in [0.05, 0.1) is 5.69 Å². The largest absolute Gasteiger partial charge is 0.462 e. The van der Waals surface area contributed by atoms with Gasteiger partial charge in [-0.15, -0.1) is 11.3 Å². The maximum absolute atomic E-state index is 10.6. The van der Waals surface area contributed by atoms with Gasteiger partial charge in [-0.3, -0.25) is 0 Å². The highest BCUT2D eigenvalue weighted by atomic mass is 32.1. The monoisotopic (exact) mass is 408 g/mol. The number of aldehydes is 1. The van der Waals surface area contributed by atoms with Gasteiger partial charge >= 0.3 is 0 Å². The average Bonchev–Trinajstić information content (AvgIpc) is 3.19. The molecule has 0 radical (unpaired) electrons. The lowest BCUT2D eigenvalue weighted by Crippen LogP contribution is -2.11. The number of nitrogens with zero attached hydrogens (tertiary/aromatic N) is 4. The molecule has 1 aromatic carbocycles. The summed E-state index contributed by atoms with van der Waals surface area (Å²) in [6.07, 6.45) is 5.66. The van der Waals surface area contributed by atoms with Crippen molar-refractivity contribution in [1.29, 1.82) is 0 Å². The Labute approximate surface area is 175 Å². The lowest BCUT2D eigenvalue weighted by atomic mass is 10.1. The normalized spacial score (nSPS) is 9.93. The molecule has 0 saturated heterocycles. The predicted molar refractivity (Wildman–Crippen MR) is 116 cm³/mol. The lowest BCUT2D eigenvalue weighted by Gasteiger charge is -2.03. The van der Waals surface area contributed by atoms with Gasteiger partial charge in [0, 0.05) is 36.5 Å². The molecule has 0 atom stereocenters. The Bertz CT molecular complexity index is 989. The second-order valence-corrected chi connectivity index (χ2v) is 7.30. The number of benzene rings is 1. The number of aryl methyl sites for hydroxylation is 1. The van der Waals surface area contributed by atoms with E-state index < -0.39 is 0 Å². The Hall–Kier alpha value is -3.08. The molecule has 2 heterocycles. The average molecular weight is 409 g/mol. The highest BCUT2D eigenvalue weighted by Crippen LogP contribution is 2.28. The van der Waals surface area contributed by atoms with Crippen LogP contribution in [0.1, 0.15) is 17.8 Å². The third kappa shape index (κ3) is 7.45. The van der Waals surface area contributed by atoms with E-state index in [4.69, 9.17) is 5.11 Å². The minimum Gasteiger partial charge on any atom is -0.462 e. The van der Waals surface area contributed by atoms with Crippen LogP contribution in [0.2, 0.25) is 0 Å². The van der Waals surface area contributed by atoms with Crippen LogP contribution in [0.5, 0.6) is 0 Å². The molecule has 6 nitrogen and oxygen atoms in total. The van der Waals surface area contributed by atoms with Crippen LogP contribution in [0.3, 0.4) is 0 Å². The molecule has 0 aliphatic rings. The van der Waals surface area contributed by atoms with Gasteiger partial charge in [-0.1, -0.05) is 24.1 Å². The van der Waals surface area contributed by atoms with Crippen LogP contribution >= 0.6 is 11.3 Å². The van der Waals surface area contributed by atoms with Crippen LogP contribution < -0.4 is 0 Å². The van der Waals surface area contributed by atoms with E-state index in [2.05, 4.69) is 20.9 Å². The fraction of sp³-hybridized carbons (Fsp3) is 0.273. The molecule has 2 aromatic heterocycles. The molecular weight excluding hydrogens is 384 g/mol. The summed E-state index contributed by atoms with van der Waals surface area (Å²) in [6.45, 7) is 2.77. The molecule has 0 spiro atoms. The third-order valence-corrected chi connectivity index (χ3v) is 4.69. The number of hydrogen-bond donors (Lipinski definition) is 1. The number of carbonyl (C=O) groups is 1. The lowest BCUT2D eigenvalue weighted by molar-refractivity contribution is -0.107. The van der Waals surface area contributed by atoms with Crippen molar-refractivity contribution >= 4 is 17.6 Å². The van der Waals surface area contributed by atoms with Crippen LogP contribution in [0.25, 0.3) is 22.0 Å². The second kappa shape index (κ2) is 11.7. The van der Waals surface area contributed by atoms with Crippen molar-refractivity contribution in [1.82, 2.24) is 19.9 Å². The number of rotatable bonds is 6. The maximum atomic E-state index is 10.6. The fourth-order valence-corrected chi connectivity index (χ4v) is 3.20. The molecule has 3 aromatic rings. The zero-order valence-electron chi connectivity index (χ0n) is 16.8. The number of hydrogen-bond acceptors (Lipinski definition) is 7. The topological polar surface area (TPSA) is 79.2 Å². The van der Waals surface area contributed by atoms with E-state index in [0.29, 0.717) is 6.42 Å². The Balaban J connectivity index is 0.000000321. The smallest absolute Gasteiger partial charge is 0.125 e. The maximum Gasteiger partial charge on any atom is 0.125 e. The highest BCUT2D eigenvalue weighted by molar-refractivity contribution is 7.13. The quantitative estimate of drug-likeness (QED) is 0.496. The molecule has 150 valence electrons. The molecule has 29 heavy (non-hydrogen) atoms. The summed E-state index contributed by atoms with van der Waals surface area (Å²) in [6, 6.07) is 9.75. The zero-order chi connectivity index (χ0) is 21.1. The first kappa shape index (κ1) is 22.2. The summed E-state index contributed by atoms with van der Waals surface area (Å²) < 4.78 is 0. The van der Waals surface area contributed by atoms with E-state index >= 15 is 0 Å². The number of aliphatic hydroxyl groups is 1. The van der Waals surface area contributed by atoms with Gasteiger partial charge in [-0.05, 0) is 38.7 Å². The summed E-state index contributed by atoms with van der Waals surface area (Å²) in [5.41, 5.74) is 3.70. The molecule has 0 aliphatic heterocycles. The summed E-state index contributed by atoms with van der Waals surface area (Å²) in [7, 11) is 3.94. The van der Waals surface area contributed by atoms with E-state index in [1.54, 1.807) is 17.5 Å². The highest BCUT2D eigenvalue weighted by Gasteiger charge is 2.08. The molecule has 7 heteroatoms. The second-order valence-electron chi connectivity index (χ2n) is 6.44. The zero-order valence-corrected chi connectivity index (χ0v) is 17.6. The Morgan fingerprint density at radius 1 is 1.21 bits per heavy atom. The van der Waals surface area contributed by atoms with Gasteiger partial charge in [0.2, 0.25) is 0 Å². The van der Waals surface area contributed by atoms with Crippen molar-refractivity contribution in [3.05, 3.63) is 53.3 Å². The van der Waals surface area contributed by atoms with Crippen molar-refractivity contribution in [2.24, 2.45) is 0 Å². The van der Waals surface area contributed by atoms with Gasteiger partial charge in [-0.2, -0.15) is 0 Å². The Kier molecular flexibility index (Phi) is 8.96. The standard InChI is InChI=1S/C16H13N3OS.C6H11NO/c1-11-17-7-5-14(18-11)15-10-21-16(19-15)13-4-2-3-12(9-13)6-8-20;1-7(2)5-3-4-6-8/h2-5,7-10H,6H2,1H3;8H,3,5H2,1-2H3. The summed E-state index contributed by atoms with van der Waals surface area (Å²) >= 11 is 1.57. The minimum absolute atomic E-state index is 0.428. The number of thiazole rings is 1. The van der Waals surface area contributed by atoms with Crippen molar-refractivity contribution in [3.8, 4) is 34.0 Å². The minimum atomic E-state index is 0.428. The molecule has 0 fully saturated rings. The van der Waals surface area contributed by atoms with Crippen LogP contribution in [0.4, 0.5) is 0 Å². The molecule has 0 amide bonds. The first-order chi connectivity index (χ1) is 14.0. The molecule has 0 bridgehead atoms. The van der Waals surface area contributed by atoms with Gasteiger partial charge in [0.25, 0.3) is 0 Å². The first-order valence-electron chi connectivity index (χ1n) is 9.08. The Morgan fingerprint density at radius 3 is 2.72 bits per heavy atom. The van der Waals surface area contributed by atoms with Crippen LogP contribution in [0.15, 0.2) is 41.9 Å². The van der Waals surface area contributed by atoms with Crippen LogP contribution in [-0.2, 0) is 11.2 Å². The molecule has 1 N–H and O–H groups in total. The van der Waals surface area contributed by atoms with E-state index in [9.17, 15) is 4.79 Å². The number of aromatic nitrogens is 3. The van der Waals surface area contributed by atoms with Crippen LogP contribution in [0, 0.1) is 19.0 Å². The van der Waals surface area contributed by atoms with E-state index in [1.165, 1.54) is 0 Å². The SMILES string of the molecule is CN(C)CCC#CO.Cc1nccc(-c2csc(-c3cccc(CC=O)c3)n2)n1. The summed E-state index contributed by atoms with van der Waals surface area (Å²) in [5, 5.41) is 10.9. The van der Waals surface area contributed by atoms with Crippen molar-refractivity contribution in [2.45, 2.75) is 19.8 Å². The molecular formula is C22H24N4O2S. The third-order valence-electron chi connectivity index (χ3n) is 3.80. The summed E-state index contributed by atoms with van der Waals surface area (Å²) in [4.78, 5) is 25.7. The fourth-order valence-electron chi connectivity index (χ4n) is 2.39. The predicted octanol–water partition coefficient (Wildman–Crippen LogP) is 3.59. The molecule has 0 aliphatic carbocycles. The molecule has 3 rings (SSSR count). The number of carbonyl (C=O) groups excluding carboxylic acids is 1. The molecule has 0 unspecified atom stereocenters. The molecule has 0 saturated carbocycles. The van der Waals surface area contributed by atoms with E-state index in [0.717, 1.165) is 52.6 Å². The van der Waals surface area contributed by atoms with E-state index in [1.807, 2.05) is 67.7 Å². The van der Waals surface area contributed by atoms with Crippen molar-refractivity contribution in [3.63, 3.8) is 0 Å². The van der Waals surface area contributed by atoms with E-state index in [-0.39, 0.29) is 0 Å². The van der Waals surface area contributed by atoms with Gasteiger partial charge in [0.1, 0.15) is 28.9 Å².